The van der Waals surface area contributed by atoms with Crippen LogP contribution in [0.25, 0.3) is 10.8 Å². The lowest BCUT2D eigenvalue weighted by atomic mass is 10.1. The van der Waals surface area contributed by atoms with Crippen LogP contribution in [0, 0.1) is 0 Å². The summed E-state index contributed by atoms with van der Waals surface area (Å²) in [6.07, 6.45) is 1.78. The van der Waals surface area contributed by atoms with Crippen LogP contribution in [0.2, 0.25) is 0 Å². The number of hydrogen-bond acceptors (Lipinski definition) is 4. The van der Waals surface area contributed by atoms with Gasteiger partial charge in [-0.2, -0.15) is 5.10 Å². The monoisotopic (exact) mass is 319 g/mol. The Kier molecular flexibility index (Phi) is 4.43. The van der Waals surface area contributed by atoms with Gasteiger partial charge in [0, 0.05) is 43.7 Å². The molecule has 0 saturated carbocycles. The number of piperidine rings is 1. The molecular weight excluding hydrogens is 302 g/mol. The molecule has 0 N–H and O–H groups in total. The minimum absolute atomic E-state index is 0.0856. The van der Waals surface area contributed by atoms with E-state index in [0.29, 0.717) is 50.2 Å². The Hall–Kier alpha value is -1.88. The molecule has 0 aliphatic carbocycles. The van der Waals surface area contributed by atoms with Crippen LogP contribution >= 0.6 is 11.6 Å². The molecule has 0 unspecified atom stereocenters. The van der Waals surface area contributed by atoms with Crippen molar-refractivity contribution in [3.05, 3.63) is 34.6 Å². The Bertz CT molecular complexity index is 747. The molecule has 2 aromatic rings. The Morgan fingerprint density at radius 3 is 2.45 bits per heavy atom. The van der Waals surface area contributed by atoms with E-state index in [2.05, 4.69) is 10.00 Å². The zero-order chi connectivity index (χ0) is 15.5. The van der Waals surface area contributed by atoms with Crippen LogP contribution in [0.3, 0.4) is 0 Å². The summed E-state index contributed by atoms with van der Waals surface area (Å²) in [6, 6.07) is 7.51. The fourth-order valence-corrected chi connectivity index (χ4v) is 2.90. The highest BCUT2D eigenvalue weighted by Gasteiger charge is 2.21. The molecule has 5 nitrogen and oxygen atoms in total. The maximum atomic E-state index is 12.5. The maximum Gasteiger partial charge on any atom is 0.274 e. The van der Waals surface area contributed by atoms with Crippen LogP contribution in [-0.4, -0.2) is 34.5 Å². The van der Waals surface area contributed by atoms with Crippen molar-refractivity contribution >= 4 is 34.0 Å². The number of halogens is 1. The second-order valence-electron chi connectivity index (χ2n) is 5.47. The first-order valence-corrected chi connectivity index (χ1v) is 8.06. The molecule has 0 atom stereocenters. The lowest BCUT2D eigenvalue weighted by Gasteiger charge is -2.28. The van der Waals surface area contributed by atoms with E-state index in [1.54, 1.807) is 0 Å². The van der Waals surface area contributed by atoms with Gasteiger partial charge in [-0.05, 0) is 12.5 Å². The van der Waals surface area contributed by atoms with Gasteiger partial charge in [0.05, 0.1) is 5.39 Å². The van der Waals surface area contributed by atoms with E-state index < -0.39 is 0 Å². The first-order chi connectivity index (χ1) is 10.7. The standard InChI is InChI=1S/C16H18ClN3O2/c17-8-3-9-20-16(22)14-5-2-1-4-13(14)15(18-20)19-10-6-12(21)7-11-19/h1-2,4-5H,3,6-11H2. The molecule has 1 aromatic carbocycles. The number of Topliss-reactive ketones (excluding diaryl/α,β-unsaturated/α-hetero) is 1. The van der Waals surface area contributed by atoms with Gasteiger partial charge in [-0.25, -0.2) is 4.68 Å². The Labute approximate surface area is 133 Å². The number of carbonyl (C=O) groups is 1. The molecule has 22 heavy (non-hydrogen) atoms. The summed E-state index contributed by atoms with van der Waals surface area (Å²) in [7, 11) is 0. The van der Waals surface area contributed by atoms with E-state index >= 15 is 0 Å². The zero-order valence-corrected chi connectivity index (χ0v) is 13.1. The van der Waals surface area contributed by atoms with Gasteiger partial charge in [0.25, 0.3) is 5.56 Å². The van der Waals surface area contributed by atoms with E-state index in [9.17, 15) is 9.59 Å². The minimum atomic E-state index is -0.0856. The van der Waals surface area contributed by atoms with Crippen LogP contribution in [0.5, 0.6) is 0 Å². The average Bonchev–Trinajstić information content (AvgIpc) is 2.55. The van der Waals surface area contributed by atoms with Gasteiger partial charge >= 0.3 is 0 Å². The third kappa shape index (κ3) is 2.86. The van der Waals surface area contributed by atoms with E-state index in [4.69, 9.17) is 11.6 Å². The number of anilines is 1. The molecule has 6 heteroatoms. The Morgan fingerprint density at radius 2 is 1.77 bits per heavy atom. The number of aromatic nitrogens is 2. The number of benzene rings is 1. The minimum Gasteiger partial charge on any atom is -0.354 e. The van der Waals surface area contributed by atoms with Gasteiger partial charge in [0.2, 0.25) is 0 Å². The van der Waals surface area contributed by atoms with Gasteiger partial charge in [-0.1, -0.05) is 18.2 Å². The van der Waals surface area contributed by atoms with Crippen LogP contribution in [0.1, 0.15) is 19.3 Å². The zero-order valence-electron chi connectivity index (χ0n) is 12.3. The first-order valence-electron chi connectivity index (χ1n) is 7.53. The SMILES string of the molecule is O=C1CCN(c2nn(CCCCl)c(=O)c3ccccc23)CC1. The number of ketones is 1. The van der Waals surface area contributed by atoms with Gasteiger partial charge in [-0.3, -0.25) is 9.59 Å². The quantitative estimate of drug-likeness (QED) is 0.811. The van der Waals surface area contributed by atoms with Crippen molar-refractivity contribution in [2.45, 2.75) is 25.8 Å². The number of alkyl halides is 1. The molecule has 1 saturated heterocycles. The molecule has 0 bridgehead atoms. The maximum absolute atomic E-state index is 12.5. The molecule has 0 spiro atoms. The van der Waals surface area contributed by atoms with Crippen molar-refractivity contribution in [2.24, 2.45) is 0 Å². The molecule has 1 aromatic heterocycles. The molecule has 2 heterocycles. The normalized spacial score (nSPS) is 15.5. The van der Waals surface area contributed by atoms with Crippen molar-refractivity contribution in [1.29, 1.82) is 0 Å². The number of carbonyl (C=O) groups excluding carboxylic acids is 1. The molecule has 1 aliphatic heterocycles. The summed E-state index contributed by atoms with van der Waals surface area (Å²) >= 11 is 5.74. The van der Waals surface area contributed by atoms with E-state index in [0.717, 1.165) is 11.2 Å². The van der Waals surface area contributed by atoms with Crippen LogP contribution in [0.15, 0.2) is 29.1 Å². The third-order valence-corrected chi connectivity index (χ3v) is 4.24. The number of rotatable bonds is 4. The summed E-state index contributed by atoms with van der Waals surface area (Å²) < 4.78 is 1.50. The van der Waals surface area contributed by atoms with Crippen molar-refractivity contribution < 1.29 is 4.79 Å². The van der Waals surface area contributed by atoms with Crippen molar-refractivity contribution in [3.8, 4) is 0 Å². The second kappa shape index (κ2) is 6.48. The van der Waals surface area contributed by atoms with Crippen LogP contribution < -0.4 is 10.5 Å². The molecule has 116 valence electrons. The molecule has 1 aliphatic rings. The van der Waals surface area contributed by atoms with E-state index in [-0.39, 0.29) is 11.3 Å². The second-order valence-corrected chi connectivity index (χ2v) is 5.84. The molecule has 1 fully saturated rings. The van der Waals surface area contributed by atoms with Gasteiger partial charge in [0.15, 0.2) is 5.82 Å². The highest BCUT2D eigenvalue weighted by atomic mass is 35.5. The topological polar surface area (TPSA) is 55.2 Å². The number of hydrogen-bond donors (Lipinski definition) is 0. The highest BCUT2D eigenvalue weighted by molar-refractivity contribution is 6.17. The summed E-state index contributed by atoms with van der Waals surface area (Å²) in [5, 5.41) is 6.06. The van der Waals surface area contributed by atoms with Crippen molar-refractivity contribution in [3.63, 3.8) is 0 Å². The highest BCUT2D eigenvalue weighted by Crippen LogP contribution is 2.24. The lowest BCUT2D eigenvalue weighted by Crippen LogP contribution is -2.36. The fraction of sp³-hybridized carbons (Fsp3) is 0.438. The largest absolute Gasteiger partial charge is 0.354 e. The van der Waals surface area contributed by atoms with Crippen LogP contribution in [0.4, 0.5) is 5.82 Å². The Balaban J connectivity index is 2.09. The van der Waals surface area contributed by atoms with Gasteiger partial charge in [-0.15, -0.1) is 11.6 Å². The number of nitrogens with zero attached hydrogens (tertiary/aromatic N) is 3. The summed E-state index contributed by atoms with van der Waals surface area (Å²) in [5.41, 5.74) is -0.0856. The van der Waals surface area contributed by atoms with Crippen molar-refractivity contribution in [1.82, 2.24) is 9.78 Å². The number of aryl methyl sites for hydroxylation is 1. The smallest absolute Gasteiger partial charge is 0.274 e. The lowest BCUT2D eigenvalue weighted by molar-refractivity contribution is -0.119. The predicted octanol–water partition coefficient (Wildman–Crippen LogP) is 2.19. The Morgan fingerprint density at radius 1 is 1.09 bits per heavy atom. The summed E-state index contributed by atoms with van der Waals surface area (Å²) in [4.78, 5) is 26.1. The van der Waals surface area contributed by atoms with Crippen LogP contribution in [-0.2, 0) is 11.3 Å². The van der Waals surface area contributed by atoms with Crippen molar-refractivity contribution in [2.75, 3.05) is 23.9 Å². The average molecular weight is 320 g/mol. The molecule has 0 amide bonds. The summed E-state index contributed by atoms with van der Waals surface area (Å²) in [5.74, 6) is 1.57. The third-order valence-electron chi connectivity index (χ3n) is 3.97. The molecule has 3 rings (SSSR count). The van der Waals surface area contributed by atoms with Gasteiger partial charge in [0.1, 0.15) is 5.78 Å². The predicted molar refractivity (Wildman–Crippen MR) is 87.8 cm³/mol. The van der Waals surface area contributed by atoms with E-state index in [1.807, 2.05) is 24.3 Å². The first kappa shape index (κ1) is 15.0. The van der Waals surface area contributed by atoms with E-state index in [1.165, 1.54) is 4.68 Å². The number of fused-ring (bicyclic) bond motifs is 1. The fourth-order valence-electron chi connectivity index (χ4n) is 2.78. The molecule has 0 radical (unpaired) electrons. The molecular formula is C16H18ClN3O2. The summed E-state index contributed by atoms with van der Waals surface area (Å²) in [6.45, 7) is 1.82. The van der Waals surface area contributed by atoms with Gasteiger partial charge < -0.3 is 4.90 Å².